The molecule has 0 aromatic heterocycles. The molecular weight excluding hydrogens is 114 g/mol. The molecule has 1 aliphatic heterocycles. The Balaban J connectivity index is 2.42. The molecule has 0 aliphatic carbocycles. The van der Waals surface area contributed by atoms with E-state index in [4.69, 9.17) is 5.11 Å². The normalized spacial score (nSPS) is 29.0. The molecule has 0 spiro atoms. The molecule has 0 radical (unpaired) electrons. The molecule has 2 N–H and O–H groups in total. The third-order valence-corrected chi connectivity index (χ3v) is 1.71. The second-order valence-electron chi connectivity index (χ2n) is 2.36. The molecule has 9 heavy (non-hydrogen) atoms. The standard InChI is InChI=1S/C7H13NO/c1-2-7(9)6-4-3-5-8-6/h2,6,8-9H,3-5H2,1H3. The molecule has 0 aromatic rings. The molecule has 1 aliphatic rings. The van der Waals surface area contributed by atoms with E-state index in [9.17, 15) is 0 Å². The lowest BCUT2D eigenvalue weighted by Crippen LogP contribution is -2.23. The van der Waals surface area contributed by atoms with Crippen LogP contribution in [0.15, 0.2) is 11.8 Å². The monoisotopic (exact) mass is 127 g/mol. The van der Waals surface area contributed by atoms with Crippen molar-refractivity contribution in [3.8, 4) is 0 Å². The molecule has 2 nitrogen and oxygen atoms in total. The third kappa shape index (κ3) is 1.45. The Morgan fingerprint density at radius 2 is 2.56 bits per heavy atom. The number of rotatable bonds is 1. The highest BCUT2D eigenvalue weighted by atomic mass is 16.3. The maximum atomic E-state index is 9.16. The highest BCUT2D eigenvalue weighted by Crippen LogP contribution is 2.10. The van der Waals surface area contributed by atoms with Gasteiger partial charge in [-0.3, -0.25) is 0 Å². The van der Waals surface area contributed by atoms with E-state index in [0.29, 0.717) is 5.76 Å². The van der Waals surface area contributed by atoms with E-state index < -0.39 is 0 Å². The molecule has 1 rings (SSSR count). The summed E-state index contributed by atoms with van der Waals surface area (Å²) in [6.07, 6.45) is 4.02. The fourth-order valence-corrected chi connectivity index (χ4v) is 1.14. The molecular formula is C7H13NO. The van der Waals surface area contributed by atoms with Crippen LogP contribution in [0.25, 0.3) is 0 Å². The summed E-state index contributed by atoms with van der Waals surface area (Å²) in [5.74, 6) is 0.493. The van der Waals surface area contributed by atoms with Crippen LogP contribution in [-0.4, -0.2) is 17.7 Å². The molecule has 0 amide bonds. The fourth-order valence-electron chi connectivity index (χ4n) is 1.14. The van der Waals surface area contributed by atoms with Crippen LogP contribution in [0.2, 0.25) is 0 Å². The minimum Gasteiger partial charge on any atom is -0.511 e. The zero-order chi connectivity index (χ0) is 6.69. The van der Waals surface area contributed by atoms with Crippen molar-refractivity contribution in [2.24, 2.45) is 0 Å². The van der Waals surface area contributed by atoms with Gasteiger partial charge in [0.05, 0.1) is 6.04 Å². The SMILES string of the molecule is CC=C(O)C1CCCN1. The van der Waals surface area contributed by atoms with Crippen molar-refractivity contribution in [1.82, 2.24) is 5.32 Å². The van der Waals surface area contributed by atoms with Crippen LogP contribution in [0.5, 0.6) is 0 Å². The van der Waals surface area contributed by atoms with Gasteiger partial charge in [0, 0.05) is 0 Å². The number of hydrogen-bond acceptors (Lipinski definition) is 2. The van der Waals surface area contributed by atoms with Gasteiger partial charge in [0.1, 0.15) is 5.76 Å². The van der Waals surface area contributed by atoms with Gasteiger partial charge in [-0.05, 0) is 32.4 Å². The van der Waals surface area contributed by atoms with Crippen molar-refractivity contribution < 1.29 is 5.11 Å². The number of aliphatic hydroxyl groups is 1. The minimum atomic E-state index is 0.245. The maximum absolute atomic E-state index is 9.16. The molecule has 1 heterocycles. The predicted octanol–water partition coefficient (Wildman–Crippen LogP) is 1.20. The van der Waals surface area contributed by atoms with Gasteiger partial charge in [-0.2, -0.15) is 0 Å². The molecule has 1 saturated heterocycles. The number of aliphatic hydroxyl groups excluding tert-OH is 1. The molecule has 1 unspecified atom stereocenters. The largest absolute Gasteiger partial charge is 0.511 e. The summed E-state index contributed by atoms with van der Waals surface area (Å²) in [7, 11) is 0. The first-order valence-electron chi connectivity index (χ1n) is 3.43. The summed E-state index contributed by atoms with van der Waals surface area (Å²) in [6, 6.07) is 0.245. The van der Waals surface area contributed by atoms with E-state index in [2.05, 4.69) is 5.32 Å². The highest BCUT2D eigenvalue weighted by Gasteiger charge is 2.16. The predicted molar refractivity (Wildman–Crippen MR) is 37.4 cm³/mol. The third-order valence-electron chi connectivity index (χ3n) is 1.71. The molecule has 0 aromatic carbocycles. The number of allylic oxidation sites excluding steroid dienone is 1. The Kier molecular flexibility index (Phi) is 2.11. The Bertz CT molecular complexity index is 114. The minimum absolute atomic E-state index is 0.245. The van der Waals surface area contributed by atoms with Gasteiger partial charge in [-0.25, -0.2) is 0 Å². The van der Waals surface area contributed by atoms with Gasteiger partial charge in [0.15, 0.2) is 0 Å². The van der Waals surface area contributed by atoms with Crippen LogP contribution in [0.1, 0.15) is 19.8 Å². The first kappa shape index (κ1) is 6.62. The summed E-state index contributed by atoms with van der Waals surface area (Å²) in [5.41, 5.74) is 0. The average molecular weight is 127 g/mol. The van der Waals surface area contributed by atoms with Crippen molar-refractivity contribution in [1.29, 1.82) is 0 Å². The van der Waals surface area contributed by atoms with Crippen LogP contribution in [0.3, 0.4) is 0 Å². The van der Waals surface area contributed by atoms with Crippen molar-refractivity contribution in [2.45, 2.75) is 25.8 Å². The summed E-state index contributed by atoms with van der Waals surface area (Å²) < 4.78 is 0. The van der Waals surface area contributed by atoms with E-state index >= 15 is 0 Å². The van der Waals surface area contributed by atoms with Crippen molar-refractivity contribution in [2.75, 3.05) is 6.54 Å². The van der Waals surface area contributed by atoms with Gasteiger partial charge in [0.2, 0.25) is 0 Å². The van der Waals surface area contributed by atoms with Crippen LogP contribution in [-0.2, 0) is 0 Å². The van der Waals surface area contributed by atoms with E-state index in [1.165, 1.54) is 6.42 Å². The molecule has 1 fully saturated rings. The average Bonchev–Trinajstić information content (AvgIpc) is 2.37. The lowest BCUT2D eigenvalue weighted by atomic mass is 10.2. The zero-order valence-corrected chi connectivity index (χ0v) is 5.72. The number of nitrogens with one attached hydrogen (secondary N) is 1. The fraction of sp³-hybridized carbons (Fsp3) is 0.714. The molecule has 1 atom stereocenters. The van der Waals surface area contributed by atoms with Crippen LogP contribution >= 0.6 is 0 Å². The second kappa shape index (κ2) is 2.87. The summed E-state index contributed by atoms with van der Waals surface area (Å²) in [4.78, 5) is 0. The lowest BCUT2D eigenvalue weighted by molar-refractivity contribution is 0.353. The van der Waals surface area contributed by atoms with E-state index in [1.807, 2.05) is 6.92 Å². The van der Waals surface area contributed by atoms with Gasteiger partial charge in [-0.15, -0.1) is 0 Å². The summed E-state index contributed by atoms with van der Waals surface area (Å²) in [6.45, 7) is 2.90. The van der Waals surface area contributed by atoms with Gasteiger partial charge >= 0.3 is 0 Å². The summed E-state index contributed by atoms with van der Waals surface area (Å²) >= 11 is 0. The first-order chi connectivity index (χ1) is 4.34. The smallest absolute Gasteiger partial charge is 0.105 e. The molecule has 52 valence electrons. The van der Waals surface area contributed by atoms with Gasteiger partial charge < -0.3 is 10.4 Å². The van der Waals surface area contributed by atoms with Crippen molar-refractivity contribution in [3.63, 3.8) is 0 Å². The van der Waals surface area contributed by atoms with Crippen molar-refractivity contribution >= 4 is 0 Å². The zero-order valence-electron chi connectivity index (χ0n) is 5.72. The first-order valence-corrected chi connectivity index (χ1v) is 3.43. The van der Waals surface area contributed by atoms with Gasteiger partial charge in [-0.1, -0.05) is 0 Å². The van der Waals surface area contributed by atoms with E-state index in [0.717, 1.165) is 13.0 Å². The number of hydrogen-bond donors (Lipinski definition) is 2. The van der Waals surface area contributed by atoms with Gasteiger partial charge in [0.25, 0.3) is 0 Å². The maximum Gasteiger partial charge on any atom is 0.105 e. The van der Waals surface area contributed by atoms with Crippen LogP contribution < -0.4 is 5.32 Å². The summed E-state index contributed by atoms with van der Waals surface area (Å²) in [5, 5.41) is 12.3. The van der Waals surface area contributed by atoms with E-state index in [-0.39, 0.29) is 6.04 Å². The Labute approximate surface area is 55.6 Å². The topological polar surface area (TPSA) is 32.3 Å². The van der Waals surface area contributed by atoms with Crippen LogP contribution in [0, 0.1) is 0 Å². The van der Waals surface area contributed by atoms with Crippen molar-refractivity contribution in [3.05, 3.63) is 11.8 Å². The van der Waals surface area contributed by atoms with Crippen LogP contribution in [0.4, 0.5) is 0 Å². The quantitative estimate of drug-likeness (QED) is 0.519. The molecule has 0 bridgehead atoms. The molecule has 0 saturated carbocycles. The Morgan fingerprint density at radius 3 is 3.00 bits per heavy atom. The molecule has 2 heteroatoms. The lowest BCUT2D eigenvalue weighted by Gasteiger charge is -2.06. The highest BCUT2D eigenvalue weighted by molar-refractivity contribution is 5.01. The van der Waals surface area contributed by atoms with E-state index in [1.54, 1.807) is 6.08 Å². The second-order valence-corrected chi connectivity index (χ2v) is 2.36. The Hall–Kier alpha value is -0.500. The Morgan fingerprint density at radius 1 is 1.78 bits per heavy atom.